The Labute approximate surface area is 198 Å². The fourth-order valence-electron chi connectivity index (χ4n) is 4.23. The van der Waals surface area contributed by atoms with Gasteiger partial charge in [0.25, 0.3) is 5.91 Å². The van der Waals surface area contributed by atoms with E-state index in [4.69, 9.17) is 9.47 Å². The maximum atomic E-state index is 13.4. The predicted molar refractivity (Wildman–Crippen MR) is 135 cm³/mol. The Morgan fingerprint density at radius 1 is 1.36 bits per heavy atom. The quantitative estimate of drug-likeness (QED) is 0.415. The molecular weight excluding hydrogens is 414 g/mol. The highest BCUT2D eigenvalue weighted by Crippen LogP contribution is 2.27. The van der Waals surface area contributed by atoms with Gasteiger partial charge in [0.1, 0.15) is 11.4 Å². The number of nitrogens with zero attached hydrogens (tertiary/aromatic N) is 2. The van der Waals surface area contributed by atoms with E-state index in [1.807, 2.05) is 31.0 Å². The molecule has 180 valence electrons. The fraction of sp³-hybridized carbons (Fsp3) is 0.556. The summed E-state index contributed by atoms with van der Waals surface area (Å²) in [7, 11) is 1.69. The Hall–Kier alpha value is -2.60. The topological polar surface area (TPSA) is 63.2 Å². The lowest BCUT2D eigenvalue weighted by atomic mass is 10.0. The number of aliphatic imine (C=N–C) groups is 1. The van der Waals surface area contributed by atoms with Crippen LogP contribution in [0.2, 0.25) is 0 Å². The third kappa shape index (κ3) is 6.94. The lowest BCUT2D eigenvalue weighted by molar-refractivity contribution is -0.142. The molecular formula is C27H39N3O3. The van der Waals surface area contributed by atoms with Gasteiger partial charge in [-0.3, -0.25) is 9.79 Å². The van der Waals surface area contributed by atoms with Crippen molar-refractivity contribution >= 4 is 17.8 Å². The van der Waals surface area contributed by atoms with Gasteiger partial charge in [-0.25, -0.2) is 0 Å². The first-order chi connectivity index (χ1) is 15.8. The first-order valence-corrected chi connectivity index (χ1v) is 12.1. The lowest BCUT2D eigenvalue weighted by Gasteiger charge is -2.42. The van der Waals surface area contributed by atoms with Gasteiger partial charge < -0.3 is 19.7 Å². The Morgan fingerprint density at radius 3 is 2.85 bits per heavy atom. The molecule has 1 aliphatic heterocycles. The van der Waals surface area contributed by atoms with Crippen molar-refractivity contribution in [1.29, 1.82) is 0 Å². The van der Waals surface area contributed by atoms with Crippen LogP contribution in [0.1, 0.15) is 58.9 Å². The minimum Gasteiger partial charge on any atom is -0.495 e. The van der Waals surface area contributed by atoms with Gasteiger partial charge in [-0.2, -0.15) is 0 Å². The van der Waals surface area contributed by atoms with Gasteiger partial charge in [-0.15, -0.1) is 0 Å². The van der Waals surface area contributed by atoms with E-state index in [9.17, 15) is 4.79 Å². The highest BCUT2D eigenvalue weighted by Gasteiger charge is 2.35. The Balaban J connectivity index is 1.76. The number of methoxy groups -OCH3 is 1. The van der Waals surface area contributed by atoms with E-state index < -0.39 is 0 Å². The van der Waals surface area contributed by atoms with Crippen molar-refractivity contribution in [3.63, 3.8) is 0 Å². The van der Waals surface area contributed by atoms with Gasteiger partial charge in [-0.1, -0.05) is 18.2 Å². The van der Waals surface area contributed by atoms with Crippen molar-refractivity contribution in [2.24, 2.45) is 4.99 Å². The number of amides is 1. The number of hydrogen-bond acceptors (Lipinski definition) is 5. The zero-order valence-electron chi connectivity index (χ0n) is 20.8. The van der Waals surface area contributed by atoms with Gasteiger partial charge in [0, 0.05) is 18.8 Å². The maximum absolute atomic E-state index is 13.4. The number of anilines is 1. The van der Waals surface area contributed by atoms with Crippen LogP contribution in [0.5, 0.6) is 5.75 Å². The minimum atomic E-state index is -0.344. The molecule has 0 atom stereocenters. The van der Waals surface area contributed by atoms with E-state index in [1.54, 1.807) is 7.11 Å². The highest BCUT2D eigenvalue weighted by molar-refractivity contribution is 5.96. The first-order valence-electron chi connectivity index (χ1n) is 12.1. The van der Waals surface area contributed by atoms with Crippen molar-refractivity contribution in [3.05, 3.63) is 47.2 Å². The van der Waals surface area contributed by atoms with Crippen molar-refractivity contribution in [1.82, 2.24) is 4.90 Å². The summed E-state index contributed by atoms with van der Waals surface area (Å²) in [4.78, 5) is 20.0. The second-order valence-corrected chi connectivity index (χ2v) is 9.71. The third-order valence-electron chi connectivity index (χ3n) is 6.04. The largest absolute Gasteiger partial charge is 0.495 e. The molecule has 1 aromatic carbocycles. The molecule has 0 aromatic heterocycles. The Bertz CT molecular complexity index is 915. The SMILES string of the molecule is COc1cc(CC/C=C(/N=CC2=CCCC2)C(=O)N2CCOCC2(C)C)ccc1NC(C)C. The van der Waals surface area contributed by atoms with Gasteiger partial charge in [0.2, 0.25) is 0 Å². The monoisotopic (exact) mass is 453 g/mol. The van der Waals surface area contributed by atoms with Crippen LogP contribution >= 0.6 is 0 Å². The molecule has 0 bridgehead atoms. The van der Waals surface area contributed by atoms with Crippen LogP contribution in [-0.2, 0) is 16.0 Å². The number of nitrogens with one attached hydrogen (secondary N) is 1. The minimum absolute atomic E-state index is 0.0211. The van der Waals surface area contributed by atoms with Crippen LogP contribution in [0.15, 0.2) is 46.6 Å². The summed E-state index contributed by atoms with van der Waals surface area (Å²) < 4.78 is 11.2. The smallest absolute Gasteiger partial charge is 0.272 e. The van der Waals surface area contributed by atoms with Crippen LogP contribution in [-0.4, -0.2) is 55.5 Å². The van der Waals surface area contributed by atoms with E-state index in [1.165, 1.54) is 11.1 Å². The number of ether oxygens (including phenoxy) is 2. The number of allylic oxidation sites excluding steroid dienone is 3. The van der Waals surface area contributed by atoms with Gasteiger partial charge in [0.05, 0.1) is 31.5 Å². The second-order valence-electron chi connectivity index (χ2n) is 9.71. The number of morpholine rings is 1. The van der Waals surface area contributed by atoms with Crippen molar-refractivity contribution in [2.75, 3.05) is 32.2 Å². The maximum Gasteiger partial charge on any atom is 0.272 e. The number of benzene rings is 1. The van der Waals surface area contributed by atoms with Crippen molar-refractivity contribution in [3.8, 4) is 5.75 Å². The number of hydrogen-bond donors (Lipinski definition) is 1. The second kappa shape index (κ2) is 11.5. The highest BCUT2D eigenvalue weighted by atomic mass is 16.5. The van der Waals surface area contributed by atoms with Crippen LogP contribution in [0.4, 0.5) is 5.69 Å². The van der Waals surface area contributed by atoms with E-state index in [-0.39, 0.29) is 11.4 Å². The van der Waals surface area contributed by atoms with Crippen molar-refractivity contribution in [2.45, 2.75) is 71.4 Å². The summed E-state index contributed by atoms with van der Waals surface area (Å²) in [6.45, 7) is 9.99. The van der Waals surface area contributed by atoms with Crippen LogP contribution < -0.4 is 10.1 Å². The summed E-state index contributed by atoms with van der Waals surface area (Å²) in [6, 6.07) is 6.57. The van der Waals surface area contributed by atoms with Crippen LogP contribution in [0.25, 0.3) is 0 Å². The molecule has 1 aromatic rings. The molecule has 33 heavy (non-hydrogen) atoms. The molecule has 1 fully saturated rings. The average molecular weight is 454 g/mol. The molecule has 6 nitrogen and oxygen atoms in total. The predicted octanol–water partition coefficient (Wildman–Crippen LogP) is 5.15. The zero-order valence-corrected chi connectivity index (χ0v) is 20.8. The molecule has 0 spiro atoms. The van der Waals surface area contributed by atoms with E-state index in [0.29, 0.717) is 31.5 Å². The standard InChI is InChI=1S/C27H39N3O3/c1-20(2)29-23-14-13-21(17-25(23)32-5)11-8-12-24(28-18-22-9-6-7-10-22)26(31)30-15-16-33-19-27(30,3)4/h9,12-14,17-18,20,29H,6-8,10-11,15-16,19H2,1-5H3/b24-12+,28-18?. The zero-order chi connectivity index (χ0) is 23.8. The van der Waals surface area contributed by atoms with Crippen LogP contribution in [0, 0.1) is 0 Å². The van der Waals surface area contributed by atoms with Crippen LogP contribution in [0.3, 0.4) is 0 Å². The van der Waals surface area contributed by atoms with Crippen molar-refractivity contribution < 1.29 is 14.3 Å². The molecule has 1 aliphatic carbocycles. The van der Waals surface area contributed by atoms with E-state index >= 15 is 0 Å². The van der Waals surface area contributed by atoms with Gasteiger partial charge >= 0.3 is 0 Å². The molecule has 1 amide bonds. The normalized spacial score (nSPS) is 18.7. The van der Waals surface area contributed by atoms with Gasteiger partial charge in [0.15, 0.2) is 0 Å². The Morgan fingerprint density at radius 2 is 2.18 bits per heavy atom. The number of carbonyl (C=O) groups is 1. The summed E-state index contributed by atoms with van der Waals surface area (Å²) in [5.74, 6) is 0.815. The summed E-state index contributed by atoms with van der Waals surface area (Å²) >= 11 is 0. The molecule has 0 radical (unpaired) electrons. The summed E-state index contributed by atoms with van der Waals surface area (Å²) in [6.07, 6.45) is 10.9. The third-order valence-corrected chi connectivity index (χ3v) is 6.04. The van der Waals surface area contributed by atoms with E-state index in [0.717, 1.165) is 43.5 Å². The first kappa shape index (κ1) is 25.0. The molecule has 0 saturated carbocycles. The van der Waals surface area contributed by atoms with E-state index in [2.05, 4.69) is 48.4 Å². The summed E-state index contributed by atoms with van der Waals surface area (Å²) in [5.41, 5.74) is 3.55. The molecule has 0 unspecified atom stereocenters. The number of carbonyl (C=O) groups excluding carboxylic acids is 1. The number of aryl methyl sites for hydroxylation is 1. The average Bonchev–Trinajstić information content (AvgIpc) is 3.29. The van der Waals surface area contributed by atoms with Gasteiger partial charge in [-0.05, 0) is 83.1 Å². The Kier molecular flexibility index (Phi) is 8.73. The molecule has 1 N–H and O–H groups in total. The molecule has 3 rings (SSSR count). The number of rotatable bonds is 9. The molecule has 6 heteroatoms. The molecule has 1 saturated heterocycles. The lowest BCUT2D eigenvalue weighted by Crippen LogP contribution is -2.55. The summed E-state index contributed by atoms with van der Waals surface area (Å²) in [5, 5.41) is 3.41. The molecule has 2 aliphatic rings. The fourth-order valence-corrected chi connectivity index (χ4v) is 4.23. The molecule has 1 heterocycles.